The van der Waals surface area contributed by atoms with E-state index in [-0.39, 0.29) is 11.7 Å². The van der Waals surface area contributed by atoms with E-state index in [0.29, 0.717) is 17.0 Å². The summed E-state index contributed by atoms with van der Waals surface area (Å²) in [4.78, 5) is 21.9. The van der Waals surface area contributed by atoms with Gasteiger partial charge in [-0.1, -0.05) is 78.9 Å². The molecule has 0 saturated carbocycles. The average molecular weight is 407 g/mol. The van der Waals surface area contributed by atoms with Gasteiger partial charge in [0.15, 0.2) is 0 Å². The van der Waals surface area contributed by atoms with E-state index in [9.17, 15) is 4.79 Å². The van der Waals surface area contributed by atoms with Crippen molar-refractivity contribution in [1.29, 1.82) is 5.41 Å². The van der Waals surface area contributed by atoms with Crippen molar-refractivity contribution in [1.82, 2.24) is 0 Å². The van der Waals surface area contributed by atoms with Crippen LogP contribution in [0, 0.1) is 5.41 Å². The van der Waals surface area contributed by atoms with Gasteiger partial charge in [0.1, 0.15) is 5.84 Å². The topological polar surface area (TPSA) is 104 Å². The number of carbonyl (C=O) groups excluding carboxylic acids is 1. The highest BCUT2D eigenvalue weighted by atomic mass is 16.2. The summed E-state index contributed by atoms with van der Waals surface area (Å²) in [5, 5.41) is 10.6. The van der Waals surface area contributed by atoms with Crippen molar-refractivity contribution >= 4 is 34.9 Å². The van der Waals surface area contributed by atoms with Gasteiger partial charge in [0, 0.05) is 22.9 Å². The van der Waals surface area contributed by atoms with Crippen LogP contribution in [0.2, 0.25) is 0 Å². The number of nitrogens with zero attached hydrogens (tertiary/aromatic N) is 2. The Morgan fingerprint density at radius 1 is 0.968 bits per heavy atom. The number of allylic oxidation sites excluding steroid dienone is 1. The normalized spacial score (nSPS) is 16.6. The van der Waals surface area contributed by atoms with Crippen molar-refractivity contribution < 1.29 is 4.79 Å². The number of aliphatic imine (C=N–C) groups is 2. The summed E-state index contributed by atoms with van der Waals surface area (Å²) in [5.41, 5.74) is 10.6. The van der Waals surface area contributed by atoms with Gasteiger partial charge in [-0.2, -0.15) is 0 Å². The van der Waals surface area contributed by atoms with Crippen LogP contribution < -0.4 is 11.1 Å². The van der Waals surface area contributed by atoms with Crippen LogP contribution in [0.25, 0.3) is 5.57 Å². The number of hydrogen-bond donors (Lipinski definition) is 3. The fraction of sp³-hybridized carbons (Fsp3) is 0.0400. The molecule has 4 rings (SSSR count). The summed E-state index contributed by atoms with van der Waals surface area (Å²) in [7, 11) is 0. The molecule has 0 aliphatic carbocycles. The van der Waals surface area contributed by atoms with Gasteiger partial charge < -0.3 is 16.5 Å². The summed E-state index contributed by atoms with van der Waals surface area (Å²) in [6.45, 7) is 0. The minimum Gasteiger partial charge on any atom is -0.384 e. The number of anilines is 1. The molecule has 0 radical (unpaired) electrons. The van der Waals surface area contributed by atoms with Crippen LogP contribution in [0.15, 0.2) is 101 Å². The fourth-order valence-corrected chi connectivity index (χ4v) is 3.34. The van der Waals surface area contributed by atoms with E-state index in [1.54, 1.807) is 6.08 Å². The molecule has 1 aliphatic rings. The second-order valence-electron chi connectivity index (χ2n) is 6.92. The largest absolute Gasteiger partial charge is 0.384 e. The summed E-state index contributed by atoms with van der Waals surface area (Å²) >= 11 is 0. The van der Waals surface area contributed by atoms with Crippen LogP contribution in [0.3, 0.4) is 0 Å². The lowest BCUT2D eigenvalue weighted by atomic mass is 10.0. The predicted octanol–water partition coefficient (Wildman–Crippen LogP) is 3.89. The molecule has 1 amide bonds. The first-order valence-electron chi connectivity index (χ1n) is 9.80. The van der Waals surface area contributed by atoms with Crippen molar-refractivity contribution in [3.05, 3.63) is 108 Å². The fourth-order valence-electron chi connectivity index (χ4n) is 3.34. The molecule has 0 fully saturated rings. The molecule has 1 aliphatic heterocycles. The van der Waals surface area contributed by atoms with Crippen LogP contribution in [0.1, 0.15) is 16.7 Å². The van der Waals surface area contributed by atoms with E-state index in [4.69, 9.17) is 11.1 Å². The van der Waals surface area contributed by atoms with Crippen molar-refractivity contribution in [2.24, 2.45) is 15.7 Å². The lowest BCUT2D eigenvalue weighted by Gasteiger charge is -2.09. The molecule has 0 spiro atoms. The van der Waals surface area contributed by atoms with Gasteiger partial charge in [-0.3, -0.25) is 4.79 Å². The molecule has 31 heavy (non-hydrogen) atoms. The number of hydrogen-bond acceptors (Lipinski definition) is 4. The van der Waals surface area contributed by atoms with Gasteiger partial charge in [-0.05, 0) is 17.7 Å². The average Bonchev–Trinajstić information content (AvgIpc) is 2.95. The number of fused-ring (bicyclic) bond motifs is 1. The van der Waals surface area contributed by atoms with Crippen LogP contribution in [-0.2, 0) is 4.79 Å². The minimum atomic E-state index is -1.05. The molecule has 1 unspecified atom stereocenters. The molecular weight excluding hydrogens is 386 g/mol. The smallest absolute Gasteiger partial charge is 0.271 e. The van der Waals surface area contributed by atoms with Gasteiger partial charge >= 0.3 is 0 Å². The molecule has 0 aromatic heterocycles. The second kappa shape index (κ2) is 9.00. The number of nitrogens with two attached hydrogens (primary N) is 1. The number of amidine groups is 1. The first kappa shape index (κ1) is 20.0. The zero-order chi connectivity index (χ0) is 21.6. The van der Waals surface area contributed by atoms with E-state index in [0.717, 1.165) is 16.7 Å². The van der Waals surface area contributed by atoms with Crippen LogP contribution >= 0.6 is 0 Å². The molecule has 6 nitrogen and oxygen atoms in total. The Labute approximate surface area is 180 Å². The van der Waals surface area contributed by atoms with Crippen molar-refractivity contribution in [3.8, 4) is 0 Å². The Morgan fingerprint density at radius 3 is 2.32 bits per heavy atom. The van der Waals surface area contributed by atoms with Gasteiger partial charge in [-0.25, -0.2) is 9.98 Å². The van der Waals surface area contributed by atoms with E-state index in [1.165, 1.54) is 6.21 Å². The van der Waals surface area contributed by atoms with Crippen molar-refractivity contribution in [2.45, 2.75) is 6.17 Å². The van der Waals surface area contributed by atoms with E-state index >= 15 is 0 Å². The molecule has 3 aromatic carbocycles. The van der Waals surface area contributed by atoms with E-state index < -0.39 is 6.17 Å². The van der Waals surface area contributed by atoms with Gasteiger partial charge in [0.05, 0.1) is 11.4 Å². The summed E-state index contributed by atoms with van der Waals surface area (Å²) in [6.07, 6.45) is 1.73. The Kier molecular flexibility index (Phi) is 5.80. The maximum atomic E-state index is 12.9. The van der Waals surface area contributed by atoms with Gasteiger partial charge in [-0.15, -0.1) is 0 Å². The highest BCUT2D eigenvalue weighted by molar-refractivity contribution is 6.20. The summed E-state index contributed by atoms with van der Waals surface area (Å²) in [5.74, 6) is -0.254. The zero-order valence-electron chi connectivity index (χ0n) is 16.7. The molecule has 0 bridgehead atoms. The van der Waals surface area contributed by atoms with Crippen molar-refractivity contribution in [2.75, 3.05) is 5.32 Å². The number of amides is 1. The minimum absolute atomic E-state index is 0.115. The predicted molar refractivity (Wildman–Crippen MR) is 126 cm³/mol. The zero-order valence-corrected chi connectivity index (χ0v) is 16.7. The number of carbonyl (C=O) groups is 1. The number of benzene rings is 3. The molecule has 152 valence electrons. The standard InChI is InChI=1S/C25H21N5O/c26-16-19(17-9-3-1-4-10-17)15-22(27)29-24-25(31)28-21-14-8-7-13-20(21)23(30-24)18-11-5-2-6-12-18/h1-16,24,26H,(H2,27,29)(H,28,31)/b19-15+,26-16?. The van der Waals surface area contributed by atoms with Gasteiger partial charge in [0.2, 0.25) is 6.17 Å². The molecule has 1 heterocycles. The maximum absolute atomic E-state index is 12.9. The Balaban J connectivity index is 1.76. The number of para-hydroxylation sites is 1. The first-order valence-corrected chi connectivity index (χ1v) is 9.80. The highest BCUT2D eigenvalue weighted by Gasteiger charge is 2.25. The quantitative estimate of drug-likeness (QED) is 0.441. The number of nitrogens with one attached hydrogen (secondary N) is 2. The highest BCUT2D eigenvalue weighted by Crippen LogP contribution is 2.24. The van der Waals surface area contributed by atoms with Crippen LogP contribution in [0.4, 0.5) is 5.69 Å². The number of rotatable bonds is 5. The maximum Gasteiger partial charge on any atom is 0.271 e. The monoisotopic (exact) mass is 407 g/mol. The van der Waals surface area contributed by atoms with Crippen molar-refractivity contribution in [3.63, 3.8) is 0 Å². The Bertz CT molecular complexity index is 1200. The van der Waals surface area contributed by atoms with E-state index in [2.05, 4.69) is 15.3 Å². The first-order chi connectivity index (χ1) is 15.2. The Hall–Kier alpha value is -4.32. The van der Waals surface area contributed by atoms with Crippen LogP contribution in [0.5, 0.6) is 0 Å². The third-order valence-electron chi connectivity index (χ3n) is 4.81. The third kappa shape index (κ3) is 4.48. The molecular formula is C25H21N5O. The SMILES string of the molecule is N=C/C(=C\C(N)=N\C1N=C(c2ccccc2)c2ccccc2NC1=O)c1ccccc1. The Morgan fingerprint density at radius 2 is 1.61 bits per heavy atom. The summed E-state index contributed by atoms with van der Waals surface area (Å²) < 4.78 is 0. The molecule has 0 saturated heterocycles. The number of benzodiazepines with no additional fused rings is 1. The molecule has 6 heteroatoms. The van der Waals surface area contributed by atoms with Gasteiger partial charge in [0.25, 0.3) is 5.91 Å². The third-order valence-corrected chi connectivity index (χ3v) is 4.81. The van der Waals surface area contributed by atoms with E-state index in [1.807, 2.05) is 84.9 Å². The molecule has 4 N–H and O–H groups in total. The lowest BCUT2D eigenvalue weighted by molar-refractivity contribution is -0.117. The second-order valence-corrected chi connectivity index (χ2v) is 6.92. The molecule has 1 atom stereocenters. The summed E-state index contributed by atoms with van der Waals surface area (Å²) in [6, 6.07) is 26.6. The molecule has 3 aromatic rings. The lowest BCUT2D eigenvalue weighted by Crippen LogP contribution is -2.26. The van der Waals surface area contributed by atoms with Crippen LogP contribution in [-0.4, -0.2) is 29.8 Å².